The maximum absolute atomic E-state index is 8.33. The van der Waals surface area contributed by atoms with Crippen LogP contribution >= 0.6 is 11.3 Å². The third-order valence-electron chi connectivity index (χ3n) is 3.49. The fourth-order valence-corrected chi connectivity index (χ4v) is 3.78. The average Bonchev–Trinajstić information content (AvgIpc) is 2.87. The Morgan fingerprint density at radius 2 is 2.35 bits per heavy atom. The average molecular weight is 247 g/mol. The Kier molecular flexibility index (Phi) is 2.74. The van der Waals surface area contributed by atoms with E-state index in [2.05, 4.69) is 11.9 Å². The maximum Gasteiger partial charge on any atom is 0.136 e. The molecule has 0 unspecified atom stereocenters. The van der Waals surface area contributed by atoms with Crippen molar-refractivity contribution < 1.29 is 0 Å². The van der Waals surface area contributed by atoms with Gasteiger partial charge in [0.25, 0.3) is 0 Å². The summed E-state index contributed by atoms with van der Waals surface area (Å²) in [5.41, 5.74) is 2.08. The number of fused-ring (bicyclic) bond motifs is 3. The first-order valence-electron chi connectivity index (χ1n) is 6.35. The van der Waals surface area contributed by atoms with Gasteiger partial charge in [0.05, 0.1) is 11.7 Å². The molecule has 2 aromatic rings. The number of nitrogens with one attached hydrogen (secondary N) is 1. The fourth-order valence-electron chi connectivity index (χ4n) is 2.55. The van der Waals surface area contributed by atoms with E-state index in [1.54, 1.807) is 11.3 Å². The molecule has 0 bridgehead atoms. The van der Waals surface area contributed by atoms with E-state index in [9.17, 15) is 0 Å². The van der Waals surface area contributed by atoms with Gasteiger partial charge in [0.2, 0.25) is 0 Å². The van der Waals surface area contributed by atoms with E-state index >= 15 is 0 Å². The van der Waals surface area contributed by atoms with Crippen LogP contribution in [-0.2, 0) is 19.4 Å². The predicted octanol–water partition coefficient (Wildman–Crippen LogP) is 2.87. The van der Waals surface area contributed by atoms with Gasteiger partial charge >= 0.3 is 0 Å². The molecule has 0 aromatic carbocycles. The van der Waals surface area contributed by atoms with Crippen molar-refractivity contribution in [3.05, 3.63) is 22.3 Å². The van der Waals surface area contributed by atoms with Crippen LogP contribution in [0.15, 0.2) is 6.33 Å². The van der Waals surface area contributed by atoms with Gasteiger partial charge < -0.3 is 4.57 Å². The van der Waals surface area contributed by atoms with Gasteiger partial charge in [-0.05, 0) is 31.2 Å². The molecule has 4 heteroatoms. The Hall–Kier alpha value is -1.16. The first-order chi connectivity index (χ1) is 8.31. The second-order valence-electron chi connectivity index (χ2n) is 4.68. The maximum atomic E-state index is 8.33. The Balaban J connectivity index is 2.16. The summed E-state index contributed by atoms with van der Waals surface area (Å²) < 4.78 is 2.00. The molecule has 0 saturated heterocycles. The number of rotatable bonds is 3. The lowest BCUT2D eigenvalue weighted by molar-refractivity contribution is 0.597. The molecule has 3 nitrogen and oxygen atoms in total. The van der Waals surface area contributed by atoms with Gasteiger partial charge in [-0.25, -0.2) is 4.98 Å². The van der Waals surface area contributed by atoms with Gasteiger partial charge in [-0.15, -0.1) is 11.3 Å². The van der Waals surface area contributed by atoms with E-state index in [4.69, 9.17) is 5.41 Å². The molecule has 0 aliphatic heterocycles. The highest BCUT2D eigenvalue weighted by molar-refractivity contribution is 7.18. The summed E-state index contributed by atoms with van der Waals surface area (Å²) in [4.78, 5) is 7.05. The van der Waals surface area contributed by atoms with Gasteiger partial charge in [0.1, 0.15) is 10.3 Å². The van der Waals surface area contributed by atoms with Crippen LogP contribution in [0, 0.1) is 5.41 Å². The van der Waals surface area contributed by atoms with Crippen molar-refractivity contribution in [2.75, 3.05) is 0 Å². The van der Waals surface area contributed by atoms with Crippen LogP contribution in [-0.4, -0.2) is 9.55 Å². The number of unbranched alkanes of at least 4 members (excludes halogenated alkanes) is 1. The molecule has 2 aromatic heterocycles. The molecular formula is C13H17N3S. The van der Waals surface area contributed by atoms with Crippen molar-refractivity contribution in [2.45, 2.75) is 45.6 Å². The SMILES string of the molecule is CCCCn1cnc2sc3c(c2c1=N)CCC3. The van der Waals surface area contributed by atoms with E-state index in [0.29, 0.717) is 5.49 Å². The van der Waals surface area contributed by atoms with Crippen LogP contribution in [0.1, 0.15) is 36.6 Å². The van der Waals surface area contributed by atoms with Crippen molar-refractivity contribution in [2.24, 2.45) is 0 Å². The summed E-state index contributed by atoms with van der Waals surface area (Å²) in [5, 5.41) is 9.46. The van der Waals surface area contributed by atoms with Gasteiger partial charge in [-0.1, -0.05) is 13.3 Å². The number of hydrogen-bond acceptors (Lipinski definition) is 3. The van der Waals surface area contributed by atoms with Gasteiger partial charge in [-0.3, -0.25) is 5.41 Å². The largest absolute Gasteiger partial charge is 0.317 e. The van der Waals surface area contributed by atoms with Crippen LogP contribution < -0.4 is 5.49 Å². The summed E-state index contributed by atoms with van der Waals surface area (Å²) in [6.45, 7) is 3.10. The molecule has 0 saturated carbocycles. The molecule has 17 heavy (non-hydrogen) atoms. The number of thiophene rings is 1. The summed E-state index contributed by atoms with van der Waals surface area (Å²) in [6.07, 6.45) is 7.69. The van der Waals surface area contributed by atoms with E-state index in [-0.39, 0.29) is 0 Å². The zero-order chi connectivity index (χ0) is 11.8. The highest BCUT2D eigenvalue weighted by atomic mass is 32.1. The second-order valence-corrected chi connectivity index (χ2v) is 5.76. The zero-order valence-electron chi connectivity index (χ0n) is 10.1. The van der Waals surface area contributed by atoms with Crippen LogP contribution in [0.5, 0.6) is 0 Å². The minimum absolute atomic E-state index is 0.669. The molecule has 0 atom stereocenters. The van der Waals surface area contributed by atoms with Crippen LogP contribution in [0.25, 0.3) is 10.2 Å². The second kappa shape index (κ2) is 4.26. The Bertz CT molecular complexity index is 609. The normalized spacial score (nSPS) is 14.4. The molecule has 3 rings (SSSR count). The van der Waals surface area contributed by atoms with E-state index < -0.39 is 0 Å². The summed E-state index contributed by atoms with van der Waals surface area (Å²) in [5.74, 6) is 0. The summed E-state index contributed by atoms with van der Waals surface area (Å²) >= 11 is 1.79. The lowest BCUT2D eigenvalue weighted by Crippen LogP contribution is -2.20. The quantitative estimate of drug-likeness (QED) is 0.890. The Labute approximate surface area is 105 Å². The van der Waals surface area contributed by atoms with Crippen molar-refractivity contribution in [3.63, 3.8) is 0 Å². The third kappa shape index (κ3) is 1.71. The van der Waals surface area contributed by atoms with Crippen molar-refractivity contribution in [1.29, 1.82) is 5.41 Å². The first kappa shape index (κ1) is 11.0. The van der Waals surface area contributed by atoms with Crippen molar-refractivity contribution in [3.8, 4) is 0 Å². The summed E-state index contributed by atoms with van der Waals surface area (Å²) in [7, 11) is 0. The van der Waals surface area contributed by atoms with Crippen LogP contribution in [0.2, 0.25) is 0 Å². The predicted molar refractivity (Wildman–Crippen MR) is 70.4 cm³/mol. The molecule has 0 amide bonds. The molecule has 0 fully saturated rings. The van der Waals surface area contributed by atoms with Gasteiger partial charge in [-0.2, -0.15) is 0 Å². The zero-order valence-corrected chi connectivity index (χ0v) is 10.9. The van der Waals surface area contributed by atoms with Crippen LogP contribution in [0.3, 0.4) is 0 Å². The van der Waals surface area contributed by atoms with Gasteiger partial charge in [0, 0.05) is 11.4 Å². The van der Waals surface area contributed by atoms with Crippen molar-refractivity contribution >= 4 is 21.6 Å². The number of nitrogens with zero attached hydrogens (tertiary/aromatic N) is 2. The highest BCUT2D eigenvalue weighted by Gasteiger charge is 2.19. The summed E-state index contributed by atoms with van der Waals surface area (Å²) in [6, 6.07) is 0. The Morgan fingerprint density at radius 3 is 3.18 bits per heavy atom. The molecule has 1 N–H and O–H groups in total. The molecule has 1 aliphatic rings. The monoisotopic (exact) mass is 247 g/mol. The standard InChI is InChI=1S/C13H17N3S/c1-2-3-7-16-8-15-13-11(12(16)14)9-5-4-6-10(9)17-13/h8,14H,2-7H2,1H3. The molecule has 1 aliphatic carbocycles. The lowest BCUT2D eigenvalue weighted by atomic mass is 10.2. The number of aryl methyl sites for hydroxylation is 3. The van der Waals surface area contributed by atoms with E-state index in [1.165, 1.54) is 23.3 Å². The van der Waals surface area contributed by atoms with Crippen molar-refractivity contribution in [1.82, 2.24) is 9.55 Å². The molecule has 90 valence electrons. The molecular weight excluding hydrogens is 230 g/mol. The molecule has 2 heterocycles. The van der Waals surface area contributed by atoms with Gasteiger partial charge in [0.15, 0.2) is 0 Å². The minimum Gasteiger partial charge on any atom is -0.317 e. The lowest BCUT2D eigenvalue weighted by Gasteiger charge is -2.06. The highest BCUT2D eigenvalue weighted by Crippen LogP contribution is 2.34. The molecule has 0 spiro atoms. The smallest absolute Gasteiger partial charge is 0.136 e. The molecule has 0 radical (unpaired) electrons. The number of hydrogen-bond donors (Lipinski definition) is 1. The van der Waals surface area contributed by atoms with Crippen LogP contribution in [0.4, 0.5) is 0 Å². The fraction of sp³-hybridized carbons (Fsp3) is 0.538. The minimum atomic E-state index is 0.669. The Morgan fingerprint density at radius 1 is 1.47 bits per heavy atom. The first-order valence-corrected chi connectivity index (χ1v) is 7.17. The third-order valence-corrected chi connectivity index (χ3v) is 4.69. The number of aromatic nitrogens is 2. The van der Waals surface area contributed by atoms with E-state index in [1.807, 2.05) is 10.9 Å². The van der Waals surface area contributed by atoms with E-state index in [0.717, 1.165) is 36.0 Å². The topological polar surface area (TPSA) is 41.7 Å².